The number of amides is 2. The minimum atomic E-state index is -0.595. The van der Waals surface area contributed by atoms with Crippen molar-refractivity contribution in [1.29, 1.82) is 0 Å². The molecule has 0 bridgehead atoms. The van der Waals surface area contributed by atoms with E-state index in [1.165, 1.54) is 0 Å². The average Bonchev–Trinajstić information content (AvgIpc) is 2.50. The van der Waals surface area contributed by atoms with Gasteiger partial charge in [-0.2, -0.15) is 0 Å². The number of ether oxygens (including phenoxy) is 1. The van der Waals surface area contributed by atoms with Crippen LogP contribution in [0.25, 0.3) is 0 Å². The molecule has 0 unspecified atom stereocenters. The van der Waals surface area contributed by atoms with Crippen molar-refractivity contribution in [3.8, 4) is 5.75 Å². The number of benzene rings is 1. The van der Waals surface area contributed by atoms with Gasteiger partial charge in [-0.25, -0.2) is 0 Å². The Hall–Kier alpha value is -1.75. The number of nitrogens with two attached hydrogens (primary N) is 1. The SMILES string of the molecule is Cc1ccc(Cl)c(O[C@H](C)C(=O)N2CCC(CC(N)=O)CC2)c1. The fraction of sp³-hybridized carbons (Fsp3) is 0.529. The number of carbonyl (C=O) groups is 2. The van der Waals surface area contributed by atoms with E-state index in [4.69, 9.17) is 22.1 Å². The molecule has 2 amide bonds. The molecule has 0 aromatic heterocycles. The molecule has 1 aliphatic heterocycles. The van der Waals surface area contributed by atoms with Gasteiger partial charge in [-0.05, 0) is 50.3 Å². The molecular formula is C17H23ClN2O3. The van der Waals surface area contributed by atoms with Crippen LogP contribution in [-0.4, -0.2) is 35.9 Å². The van der Waals surface area contributed by atoms with Crippen LogP contribution in [-0.2, 0) is 9.59 Å². The van der Waals surface area contributed by atoms with E-state index in [1.54, 1.807) is 17.9 Å². The van der Waals surface area contributed by atoms with Crippen molar-refractivity contribution >= 4 is 23.4 Å². The summed E-state index contributed by atoms with van der Waals surface area (Å²) in [5.74, 6) is 0.468. The predicted octanol–water partition coefficient (Wildman–Crippen LogP) is 2.53. The van der Waals surface area contributed by atoms with Crippen LogP contribution in [0.4, 0.5) is 0 Å². The molecule has 0 radical (unpaired) electrons. The Bertz CT molecular complexity index is 583. The minimum Gasteiger partial charge on any atom is -0.479 e. The van der Waals surface area contributed by atoms with Crippen LogP contribution in [0, 0.1) is 12.8 Å². The van der Waals surface area contributed by atoms with Crippen LogP contribution in [0.5, 0.6) is 5.75 Å². The molecule has 2 N–H and O–H groups in total. The van der Waals surface area contributed by atoms with Crippen molar-refractivity contribution in [3.05, 3.63) is 28.8 Å². The topological polar surface area (TPSA) is 72.6 Å². The summed E-state index contributed by atoms with van der Waals surface area (Å²) in [6.07, 6.45) is 1.40. The van der Waals surface area contributed by atoms with E-state index in [9.17, 15) is 9.59 Å². The predicted molar refractivity (Wildman–Crippen MR) is 89.4 cm³/mol. The molecule has 1 fully saturated rings. The standard InChI is InChI=1S/C17H23ClN2O3/c1-11-3-4-14(18)15(9-11)23-12(2)17(22)20-7-5-13(6-8-20)10-16(19)21/h3-4,9,12-13H,5-8,10H2,1-2H3,(H2,19,21)/t12-/m1/s1. The fourth-order valence-electron chi connectivity index (χ4n) is 2.84. The monoisotopic (exact) mass is 338 g/mol. The van der Waals surface area contributed by atoms with Gasteiger partial charge in [-0.3, -0.25) is 9.59 Å². The molecule has 0 aliphatic carbocycles. The lowest BCUT2D eigenvalue weighted by molar-refractivity contribution is -0.139. The van der Waals surface area contributed by atoms with Crippen molar-refractivity contribution < 1.29 is 14.3 Å². The van der Waals surface area contributed by atoms with E-state index in [0.29, 0.717) is 30.3 Å². The third-order valence-corrected chi connectivity index (χ3v) is 4.47. The first-order valence-electron chi connectivity index (χ1n) is 7.86. The molecule has 1 aromatic carbocycles. The molecule has 6 heteroatoms. The summed E-state index contributed by atoms with van der Waals surface area (Å²) in [6.45, 7) is 4.94. The number of halogens is 1. The number of rotatable bonds is 5. The first kappa shape index (κ1) is 17.6. The number of primary amides is 1. The molecular weight excluding hydrogens is 316 g/mol. The molecule has 0 saturated carbocycles. The molecule has 0 spiro atoms. The zero-order valence-electron chi connectivity index (χ0n) is 13.5. The van der Waals surface area contributed by atoms with Crippen LogP contribution in [0.2, 0.25) is 5.02 Å². The first-order chi connectivity index (χ1) is 10.9. The first-order valence-corrected chi connectivity index (χ1v) is 8.24. The van der Waals surface area contributed by atoms with Crippen LogP contribution in [0.3, 0.4) is 0 Å². The summed E-state index contributed by atoms with van der Waals surface area (Å²) >= 11 is 6.10. The van der Waals surface area contributed by atoms with Crippen molar-refractivity contribution in [1.82, 2.24) is 4.90 Å². The molecule has 1 saturated heterocycles. The van der Waals surface area contributed by atoms with Crippen molar-refractivity contribution in [3.63, 3.8) is 0 Å². The Balaban J connectivity index is 1.90. The number of aryl methyl sites for hydroxylation is 1. The zero-order valence-corrected chi connectivity index (χ0v) is 14.3. The van der Waals surface area contributed by atoms with Crippen LogP contribution < -0.4 is 10.5 Å². The third kappa shape index (κ3) is 4.86. The van der Waals surface area contributed by atoms with E-state index in [1.807, 2.05) is 19.1 Å². The maximum Gasteiger partial charge on any atom is 0.263 e. The highest BCUT2D eigenvalue weighted by atomic mass is 35.5. The van der Waals surface area contributed by atoms with Gasteiger partial charge in [0, 0.05) is 19.5 Å². The van der Waals surface area contributed by atoms with E-state index >= 15 is 0 Å². The Morgan fingerprint density at radius 1 is 1.39 bits per heavy atom. The number of carbonyl (C=O) groups excluding carboxylic acids is 2. The second kappa shape index (κ2) is 7.68. The number of hydrogen-bond acceptors (Lipinski definition) is 3. The van der Waals surface area contributed by atoms with Gasteiger partial charge >= 0.3 is 0 Å². The van der Waals surface area contributed by atoms with E-state index < -0.39 is 6.10 Å². The van der Waals surface area contributed by atoms with Gasteiger partial charge in [0.05, 0.1) is 5.02 Å². The highest BCUT2D eigenvalue weighted by molar-refractivity contribution is 6.32. The van der Waals surface area contributed by atoms with Crippen molar-refractivity contribution in [2.24, 2.45) is 11.7 Å². The van der Waals surface area contributed by atoms with Gasteiger partial charge in [0.25, 0.3) is 5.91 Å². The molecule has 1 aliphatic rings. The van der Waals surface area contributed by atoms with Crippen LogP contribution >= 0.6 is 11.6 Å². The molecule has 1 aromatic rings. The largest absolute Gasteiger partial charge is 0.479 e. The van der Waals surface area contributed by atoms with E-state index in [0.717, 1.165) is 18.4 Å². The summed E-state index contributed by atoms with van der Waals surface area (Å²) in [7, 11) is 0. The highest BCUT2D eigenvalue weighted by Gasteiger charge is 2.27. The summed E-state index contributed by atoms with van der Waals surface area (Å²) < 4.78 is 5.74. The quantitative estimate of drug-likeness (QED) is 0.896. The number of likely N-dealkylation sites (tertiary alicyclic amines) is 1. The molecule has 2 rings (SSSR count). The van der Waals surface area contributed by atoms with Crippen LogP contribution in [0.1, 0.15) is 31.7 Å². The summed E-state index contributed by atoms with van der Waals surface area (Å²) in [5, 5.41) is 0.496. The van der Waals surface area contributed by atoms with Crippen LogP contribution in [0.15, 0.2) is 18.2 Å². The van der Waals surface area contributed by atoms with Gasteiger partial charge in [-0.15, -0.1) is 0 Å². The Morgan fingerprint density at radius 3 is 2.65 bits per heavy atom. The molecule has 126 valence electrons. The van der Waals surface area contributed by atoms with E-state index in [-0.39, 0.29) is 17.7 Å². The summed E-state index contributed by atoms with van der Waals surface area (Å²) in [5.41, 5.74) is 6.25. The van der Waals surface area contributed by atoms with Gasteiger partial charge in [-0.1, -0.05) is 17.7 Å². The van der Waals surface area contributed by atoms with Gasteiger partial charge in [0.15, 0.2) is 6.10 Å². The van der Waals surface area contributed by atoms with Gasteiger partial charge in [0.2, 0.25) is 5.91 Å². The third-order valence-electron chi connectivity index (χ3n) is 4.15. The van der Waals surface area contributed by atoms with Crippen molar-refractivity contribution in [2.75, 3.05) is 13.1 Å². The molecule has 23 heavy (non-hydrogen) atoms. The van der Waals surface area contributed by atoms with E-state index in [2.05, 4.69) is 0 Å². The number of hydrogen-bond donors (Lipinski definition) is 1. The van der Waals surface area contributed by atoms with Crippen molar-refractivity contribution in [2.45, 2.75) is 39.2 Å². The second-order valence-electron chi connectivity index (χ2n) is 6.13. The molecule has 1 atom stereocenters. The molecule has 5 nitrogen and oxygen atoms in total. The second-order valence-corrected chi connectivity index (χ2v) is 6.54. The minimum absolute atomic E-state index is 0.0555. The normalized spacial score (nSPS) is 16.9. The zero-order chi connectivity index (χ0) is 17.0. The summed E-state index contributed by atoms with van der Waals surface area (Å²) in [6, 6.07) is 5.48. The maximum absolute atomic E-state index is 12.5. The van der Waals surface area contributed by atoms with Gasteiger partial charge < -0.3 is 15.4 Å². The highest BCUT2D eigenvalue weighted by Crippen LogP contribution is 2.27. The Kier molecular flexibility index (Phi) is 5.88. The number of nitrogens with zero attached hydrogens (tertiary/aromatic N) is 1. The fourth-order valence-corrected chi connectivity index (χ4v) is 3.00. The lowest BCUT2D eigenvalue weighted by atomic mass is 9.93. The lowest BCUT2D eigenvalue weighted by Gasteiger charge is -2.33. The van der Waals surface area contributed by atoms with Gasteiger partial charge in [0.1, 0.15) is 5.75 Å². The summed E-state index contributed by atoms with van der Waals surface area (Å²) in [4.78, 5) is 25.2. The maximum atomic E-state index is 12.5. The lowest BCUT2D eigenvalue weighted by Crippen LogP contribution is -2.45. The average molecular weight is 339 g/mol. The smallest absolute Gasteiger partial charge is 0.263 e. The Morgan fingerprint density at radius 2 is 2.04 bits per heavy atom. The Labute approximate surface area is 141 Å². The molecule has 1 heterocycles. The number of piperidine rings is 1.